The van der Waals surface area contributed by atoms with Crippen molar-refractivity contribution >= 4 is 16.8 Å². The van der Waals surface area contributed by atoms with Crippen molar-refractivity contribution in [3.05, 3.63) is 12.2 Å². The molecular weight excluding hydrogens is 202 g/mol. The fourth-order valence-corrected chi connectivity index (χ4v) is 1.19. The minimum atomic E-state index is -0.803. The fraction of sp³-hybridized carbons (Fsp3) is 0.667. The van der Waals surface area contributed by atoms with Crippen LogP contribution in [0.15, 0.2) is 12.2 Å². The molecule has 82 valence electrons. The average Bonchev–Trinajstić information content (AvgIpc) is 2.12. The Kier molecular flexibility index (Phi) is 7.32. The van der Waals surface area contributed by atoms with Gasteiger partial charge in [0.2, 0.25) is 0 Å². The molecule has 0 fully saturated rings. The van der Waals surface area contributed by atoms with E-state index >= 15 is 0 Å². The van der Waals surface area contributed by atoms with Crippen LogP contribution in [0.5, 0.6) is 0 Å². The normalized spacial score (nSPS) is 12.1. The largest absolute Gasteiger partial charge is 0.463 e. The van der Waals surface area contributed by atoms with Crippen LogP contribution in [-0.2, 0) is 20.3 Å². The highest BCUT2D eigenvalue weighted by Crippen LogP contribution is 1.92. The molecule has 0 spiro atoms. The second-order valence-corrected chi connectivity index (χ2v) is 4.33. The van der Waals surface area contributed by atoms with Gasteiger partial charge in [-0.1, -0.05) is 6.58 Å². The third kappa shape index (κ3) is 6.80. The van der Waals surface area contributed by atoms with Crippen molar-refractivity contribution < 1.29 is 13.7 Å². The van der Waals surface area contributed by atoms with Crippen LogP contribution in [0.25, 0.3) is 0 Å². The zero-order valence-electron chi connectivity index (χ0n) is 8.67. The molecule has 5 heteroatoms. The number of ether oxygens (including phenoxy) is 1. The Morgan fingerprint density at radius 2 is 2.21 bits per heavy atom. The number of hydrogen-bond donors (Lipinski definition) is 1. The number of rotatable bonds is 7. The smallest absolute Gasteiger partial charge is 0.334 e. The zero-order valence-corrected chi connectivity index (χ0v) is 9.49. The van der Waals surface area contributed by atoms with Crippen molar-refractivity contribution in [3.8, 4) is 0 Å². The standard InChI is InChI=1S/C9H17NO3S/c1-4-13-9(11)8(2)7-10-5-6-14(3)12/h10H,2,4-7H2,1,3H3. The van der Waals surface area contributed by atoms with Crippen LogP contribution in [0.4, 0.5) is 0 Å². The summed E-state index contributed by atoms with van der Waals surface area (Å²) in [6.45, 7) is 6.68. The third-order valence-corrected chi connectivity index (χ3v) is 2.25. The molecule has 0 aliphatic carbocycles. The minimum Gasteiger partial charge on any atom is -0.463 e. The first-order chi connectivity index (χ1) is 6.57. The number of carbonyl (C=O) groups excluding carboxylic acids is 1. The van der Waals surface area contributed by atoms with Gasteiger partial charge in [0.1, 0.15) is 0 Å². The first kappa shape index (κ1) is 13.3. The monoisotopic (exact) mass is 219 g/mol. The van der Waals surface area contributed by atoms with E-state index in [4.69, 9.17) is 4.74 Å². The Balaban J connectivity index is 3.53. The molecule has 0 bridgehead atoms. The van der Waals surface area contributed by atoms with E-state index in [1.807, 2.05) is 0 Å². The molecule has 0 aromatic rings. The predicted octanol–water partition coefficient (Wildman–Crippen LogP) is 0.0738. The molecular formula is C9H17NO3S. The van der Waals surface area contributed by atoms with Gasteiger partial charge in [-0.15, -0.1) is 0 Å². The molecule has 0 rings (SSSR count). The highest BCUT2D eigenvalue weighted by atomic mass is 32.2. The van der Waals surface area contributed by atoms with E-state index in [0.717, 1.165) is 0 Å². The highest BCUT2D eigenvalue weighted by Gasteiger charge is 2.06. The summed E-state index contributed by atoms with van der Waals surface area (Å²) in [4.78, 5) is 11.0. The summed E-state index contributed by atoms with van der Waals surface area (Å²) < 4.78 is 15.4. The molecule has 1 atom stereocenters. The highest BCUT2D eigenvalue weighted by molar-refractivity contribution is 7.84. The number of nitrogens with one attached hydrogen (secondary N) is 1. The van der Waals surface area contributed by atoms with E-state index in [2.05, 4.69) is 11.9 Å². The molecule has 0 aliphatic heterocycles. The molecule has 4 nitrogen and oxygen atoms in total. The molecule has 14 heavy (non-hydrogen) atoms. The molecule has 0 amide bonds. The Bertz CT molecular complexity index is 228. The molecule has 1 N–H and O–H groups in total. The summed E-state index contributed by atoms with van der Waals surface area (Å²) in [6, 6.07) is 0. The fourth-order valence-electron chi connectivity index (χ4n) is 0.760. The van der Waals surface area contributed by atoms with Gasteiger partial charge in [0.25, 0.3) is 0 Å². The maximum absolute atomic E-state index is 11.0. The van der Waals surface area contributed by atoms with Crippen LogP contribution in [-0.4, -0.2) is 41.9 Å². The molecule has 0 radical (unpaired) electrons. The van der Waals surface area contributed by atoms with Crippen LogP contribution in [0.2, 0.25) is 0 Å². The summed E-state index contributed by atoms with van der Waals surface area (Å²) in [6.07, 6.45) is 1.64. The van der Waals surface area contributed by atoms with Gasteiger partial charge in [-0.25, -0.2) is 4.79 Å². The van der Waals surface area contributed by atoms with E-state index in [9.17, 15) is 9.00 Å². The lowest BCUT2D eigenvalue weighted by Gasteiger charge is -2.06. The number of esters is 1. The van der Waals surface area contributed by atoms with Crippen LogP contribution < -0.4 is 5.32 Å². The van der Waals surface area contributed by atoms with Gasteiger partial charge in [0.15, 0.2) is 0 Å². The molecule has 1 unspecified atom stereocenters. The molecule has 0 saturated carbocycles. The second-order valence-electron chi connectivity index (χ2n) is 2.78. The van der Waals surface area contributed by atoms with E-state index in [1.54, 1.807) is 13.2 Å². The van der Waals surface area contributed by atoms with Gasteiger partial charge >= 0.3 is 5.97 Å². The van der Waals surface area contributed by atoms with E-state index in [-0.39, 0.29) is 5.97 Å². The lowest BCUT2D eigenvalue weighted by molar-refractivity contribution is -0.138. The van der Waals surface area contributed by atoms with Crippen LogP contribution >= 0.6 is 0 Å². The van der Waals surface area contributed by atoms with E-state index < -0.39 is 10.8 Å². The molecule has 0 aromatic carbocycles. The predicted molar refractivity (Wildman–Crippen MR) is 57.6 cm³/mol. The summed E-state index contributed by atoms with van der Waals surface area (Å²) in [5.74, 6) is 0.202. The molecule has 0 aromatic heterocycles. The van der Waals surface area contributed by atoms with Crippen LogP contribution in [0.3, 0.4) is 0 Å². The van der Waals surface area contributed by atoms with E-state index in [1.165, 1.54) is 0 Å². The molecule has 0 aliphatic rings. The summed E-state index contributed by atoms with van der Waals surface area (Å²) in [5, 5.41) is 2.96. The van der Waals surface area contributed by atoms with Gasteiger partial charge in [0, 0.05) is 41.5 Å². The van der Waals surface area contributed by atoms with Crippen molar-refractivity contribution in [2.45, 2.75) is 6.92 Å². The topological polar surface area (TPSA) is 55.4 Å². The summed E-state index contributed by atoms with van der Waals surface area (Å²) in [7, 11) is -0.803. The van der Waals surface area contributed by atoms with Gasteiger partial charge in [0.05, 0.1) is 6.61 Å². The SMILES string of the molecule is C=C(CNCCS(C)=O)C(=O)OCC. The quantitative estimate of drug-likeness (QED) is 0.374. The minimum absolute atomic E-state index is 0.358. The second kappa shape index (κ2) is 7.70. The lowest BCUT2D eigenvalue weighted by Crippen LogP contribution is -2.25. The number of carbonyl (C=O) groups is 1. The maximum atomic E-state index is 11.0. The third-order valence-electron chi connectivity index (χ3n) is 1.47. The van der Waals surface area contributed by atoms with Crippen LogP contribution in [0.1, 0.15) is 6.92 Å². The van der Waals surface area contributed by atoms with E-state index in [0.29, 0.717) is 31.0 Å². The van der Waals surface area contributed by atoms with Crippen molar-refractivity contribution in [3.63, 3.8) is 0 Å². The van der Waals surface area contributed by atoms with Gasteiger partial charge in [-0.3, -0.25) is 4.21 Å². The van der Waals surface area contributed by atoms with Crippen molar-refractivity contribution in [2.75, 3.05) is 31.7 Å². The lowest BCUT2D eigenvalue weighted by atomic mass is 10.3. The average molecular weight is 219 g/mol. The Labute approximate surface area is 87.2 Å². The first-order valence-electron chi connectivity index (χ1n) is 4.43. The van der Waals surface area contributed by atoms with Gasteiger partial charge in [-0.05, 0) is 6.92 Å². The van der Waals surface area contributed by atoms with Crippen molar-refractivity contribution in [1.82, 2.24) is 5.32 Å². The van der Waals surface area contributed by atoms with Crippen LogP contribution in [0, 0.1) is 0 Å². The zero-order chi connectivity index (χ0) is 11.0. The molecule has 0 saturated heterocycles. The molecule has 0 heterocycles. The maximum Gasteiger partial charge on any atom is 0.334 e. The van der Waals surface area contributed by atoms with Crippen molar-refractivity contribution in [1.29, 1.82) is 0 Å². The van der Waals surface area contributed by atoms with Gasteiger partial charge < -0.3 is 10.1 Å². The summed E-state index contributed by atoms with van der Waals surface area (Å²) in [5.41, 5.74) is 0.397. The summed E-state index contributed by atoms with van der Waals surface area (Å²) >= 11 is 0. The Morgan fingerprint density at radius 3 is 2.71 bits per heavy atom. The first-order valence-corrected chi connectivity index (χ1v) is 6.16. The Hall–Kier alpha value is -0.680. The van der Waals surface area contributed by atoms with Crippen molar-refractivity contribution in [2.24, 2.45) is 0 Å². The van der Waals surface area contributed by atoms with Gasteiger partial charge in [-0.2, -0.15) is 0 Å². The number of hydrogen-bond acceptors (Lipinski definition) is 4. The Morgan fingerprint density at radius 1 is 1.57 bits per heavy atom.